The van der Waals surface area contributed by atoms with Gasteiger partial charge in [0, 0.05) is 12.1 Å². The Morgan fingerprint density at radius 3 is 2.21 bits per heavy atom. The van der Waals surface area contributed by atoms with E-state index < -0.39 is 6.10 Å². The highest BCUT2D eigenvalue weighted by atomic mass is 16.3. The highest BCUT2D eigenvalue weighted by molar-refractivity contribution is 5.94. The fraction of sp³-hybridized carbons (Fsp3) is 0.188. The number of hydrogen-bond donors (Lipinski definition) is 2. The van der Waals surface area contributed by atoms with Crippen LogP contribution < -0.4 is 5.32 Å². The topological polar surface area (TPSA) is 49.3 Å². The van der Waals surface area contributed by atoms with Crippen LogP contribution in [0.4, 0.5) is 0 Å². The summed E-state index contributed by atoms with van der Waals surface area (Å²) >= 11 is 0. The van der Waals surface area contributed by atoms with E-state index in [4.69, 9.17) is 5.11 Å². The molecule has 3 heteroatoms. The minimum Gasteiger partial charge on any atom is -0.392 e. The number of carbonyl (C=O) groups is 1. The Balaban J connectivity index is 2.08. The van der Waals surface area contributed by atoms with Crippen molar-refractivity contribution in [2.45, 2.75) is 13.0 Å². The second-order valence-corrected chi connectivity index (χ2v) is 4.50. The Labute approximate surface area is 112 Å². The lowest BCUT2D eigenvalue weighted by Gasteiger charge is -2.08. The molecule has 0 fully saturated rings. The predicted molar refractivity (Wildman–Crippen MR) is 75.9 cm³/mol. The molecule has 0 saturated carbocycles. The maximum Gasteiger partial charge on any atom is 0.251 e. The lowest BCUT2D eigenvalue weighted by atomic mass is 10.0. The van der Waals surface area contributed by atoms with Crippen molar-refractivity contribution >= 4 is 5.91 Å². The van der Waals surface area contributed by atoms with Gasteiger partial charge in [-0.15, -0.1) is 0 Å². The molecule has 0 aromatic heterocycles. The second kappa shape index (κ2) is 6.16. The minimum atomic E-state index is -0.535. The Morgan fingerprint density at radius 1 is 1.05 bits per heavy atom. The SMILES string of the molecule is C[C@H](O)CNC(=O)c1ccc(-c2ccccc2)cc1. The molecular formula is C16H17NO2. The van der Waals surface area contributed by atoms with Crippen molar-refractivity contribution in [3.05, 3.63) is 60.2 Å². The van der Waals surface area contributed by atoms with Crippen LogP contribution in [0.3, 0.4) is 0 Å². The maximum absolute atomic E-state index is 11.8. The lowest BCUT2D eigenvalue weighted by Crippen LogP contribution is -2.30. The molecule has 0 saturated heterocycles. The van der Waals surface area contributed by atoms with Crippen molar-refractivity contribution < 1.29 is 9.90 Å². The summed E-state index contributed by atoms with van der Waals surface area (Å²) in [5.74, 6) is -0.166. The third-order valence-corrected chi connectivity index (χ3v) is 2.81. The number of aliphatic hydroxyl groups is 1. The molecule has 1 amide bonds. The standard InChI is InChI=1S/C16H17NO2/c1-12(18)11-17-16(19)15-9-7-14(8-10-15)13-5-3-2-4-6-13/h2-10,12,18H,11H2,1H3,(H,17,19)/t12-/m0/s1. The van der Waals surface area contributed by atoms with E-state index in [1.807, 2.05) is 42.5 Å². The fourth-order valence-corrected chi connectivity index (χ4v) is 1.79. The van der Waals surface area contributed by atoms with Crippen LogP contribution in [0.2, 0.25) is 0 Å². The molecular weight excluding hydrogens is 238 g/mol. The summed E-state index contributed by atoms with van der Waals surface area (Å²) < 4.78 is 0. The quantitative estimate of drug-likeness (QED) is 0.881. The van der Waals surface area contributed by atoms with Gasteiger partial charge in [-0.05, 0) is 30.2 Å². The number of nitrogens with one attached hydrogen (secondary N) is 1. The van der Waals surface area contributed by atoms with Crippen molar-refractivity contribution in [1.29, 1.82) is 0 Å². The van der Waals surface area contributed by atoms with Gasteiger partial charge in [0.1, 0.15) is 0 Å². The molecule has 0 radical (unpaired) electrons. The molecule has 0 aliphatic carbocycles. The monoisotopic (exact) mass is 255 g/mol. The van der Waals surface area contributed by atoms with Crippen molar-refractivity contribution in [2.24, 2.45) is 0 Å². The van der Waals surface area contributed by atoms with Gasteiger partial charge in [0.2, 0.25) is 0 Å². The number of aliphatic hydroxyl groups excluding tert-OH is 1. The van der Waals surface area contributed by atoms with Gasteiger partial charge < -0.3 is 10.4 Å². The average Bonchev–Trinajstić information content (AvgIpc) is 2.46. The predicted octanol–water partition coefficient (Wildman–Crippen LogP) is 2.46. The zero-order chi connectivity index (χ0) is 13.7. The lowest BCUT2D eigenvalue weighted by molar-refractivity contribution is 0.0924. The molecule has 19 heavy (non-hydrogen) atoms. The summed E-state index contributed by atoms with van der Waals surface area (Å²) in [5, 5.41) is 11.8. The third kappa shape index (κ3) is 3.66. The van der Waals surface area contributed by atoms with Crippen molar-refractivity contribution in [2.75, 3.05) is 6.54 Å². The smallest absolute Gasteiger partial charge is 0.251 e. The van der Waals surface area contributed by atoms with Gasteiger partial charge in [-0.3, -0.25) is 4.79 Å². The molecule has 0 bridgehead atoms. The van der Waals surface area contributed by atoms with E-state index in [2.05, 4.69) is 5.32 Å². The van der Waals surface area contributed by atoms with E-state index in [9.17, 15) is 4.79 Å². The molecule has 3 nitrogen and oxygen atoms in total. The number of amides is 1. The van der Waals surface area contributed by atoms with Crippen LogP contribution in [0.25, 0.3) is 11.1 Å². The molecule has 0 heterocycles. The summed E-state index contributed by atoms with van der Waals surface area (Å²) in [6, 6.07) is 17.4. The molecule has 0 aliphatic rings. The van der Waals surface area contributed by atoms with Crippen molar-refractivity contribution in [3.63, 3.8) is 0 Å². The fourth-order valence-electron chi connectivity index (χ4n) is 1.79. The number of rotatable bonds is 4. The van der Waals surface area contributed by atoms with Gasteiger partial charge in [0.05, 0.1) is 6.10 Å². The Hall–Kier alpha value is -2.13. The molecule has 98 valence electrons. The van der Waals surface area contributed by atoms with E-state index in [1.54, 1.807) is 19.1 Å². The van der Waals surface area contributed by atoms with Crippen LogP contribution in [-0.2, 0) is 0 Å². The summed E-state index contributed by atoms with van der Waals surface area (Å²) in [4.78, 5) is 11.8. The molecule has 2 rings (SSSR count). The Kier molecular flexibility index (Phi) is 4.31. The van der Waals surface area contributed by atoms with Crippen molar-refractivity contribution in [3.8, 4) is 11.1 Å². The molecule has 0 unspecified atom stereocenters. The van der Waals surface area contributed by atoms with Crippen LogP contribution in [0.15, 0.2) is 54.6 Å². The van der Waals surface area contributed by atoms with Gasteiger partial charge in [0.25, 0.3) is 5.91 Å². The first-order valence-corrected chi connectivity index (χ1v) is 6.28. The van der Waals surface area contributed by atoms with E-state index in [0.29, 0.717) is 5.56 Å². The van der Waals surface area contributed by atoms with Crippen LogP contribution in [0.1, 0.15) is 17.3 Å². The molecule has 0 aliphatic heterocycles. The van der Waals surface area contributed by atoms with Gasteiger partial charge in [0.15, 0.2) is 0 Å². The van der Waals surface area contributed by atoms with E-state index >= 15 is 0 Å². The number of hydrogen-bond acceptors (Lipinski definition) is 2. The van der Waals surface area contributed by atoms with E-state index in [0.717, 1.165) is 11.1 Å². The summed E-state index contributed by atoms with van der Waals surface area (Å²) in [6.45, 7) is 1.90. The molecule has 2 aromatic carbocycles. The number of carbonyl (C=O) groups excluding carboxylic acids is 1. The first-order chi connectivity index (χ1) is 9.16. The normalized spacial score (nSPS) is 11.9. The molecule has 0 spiro atoms. The Bertz CT molecular complexity index is 532. The first-order valence-electron chi connectivity index (χ1n) is 6.28. The summed E-state index contributed by atoms with van der Waals surface area (Å²) in [7, 11) is 0. The largest absolute Gasteiger partial charge is 0.392 e. The zero-order valence-electron chi connectivity index (χ0n) is 10.8. The average molecular weight is 255 g/mol. The van der Waals surface area contributed by atoms with Gasteiger partial charge in [-0.25, -0.2) is 0 Å². The Morgan fingerprint density at radius 2 is 1.63 bits per heavy atom. The first kappa shape index (κ1) is 13.3. The van der Waals surface area contributed by atoms with Crippen LogP contribution in [0.5, 0.6) is 0 Å². The van der Waals surface area contributed by atoms with E-state index in [-0.39, 0.29) is 12.5 Å². The van der Waals surface area contributed by atoms with Gasteiger partial charge in [-0.1, -0.05) is 42.5 Å². The van der Waals surface area contributed by atoms with E-state index in [1.165, 1.54) is 0 Å². The highest BCUT2D eigenvalue weighted by Crippen LogP contribution is 2.19. The third-order valence-electron chi connectivity index (χ3n) is 2.81. The number of benzene rings is 2. The van der Waals surface area contributed by atoms with Gasteiger partial charge in [-0.2, -0.15) is 0 Å². The van der Waals surface area contributed by atoms with Crippen LogP contribution >= 0.6 is 0 Å². The highest BCUT2D eigenvalue weighted by Gasteiger charge is 2.06. The molecule has 2 N–H and O–H groups in total. The summed E-state index contributed by atoms with van der Waals surface area (Å²) in [6.07, 6.45) is -0.535. The second-order valence-electron chi connectivity index (χ2n) is 4.50. The van der Waals surface area contributed by atoms with Crippen LogP contribution in [0, 0.1) is 0 Å². The zero-order valence-corrected chi connectivity index (χ0v) is 10.8. The van der Waals surface area contributed by atoms with Gasteiger partial charge >= 0.3 is 0 Å². The summed E-state index contributed by atoms with van der Waals surface area (Å²) in [5.41, 5.74) is 2.80. The van der Waals surface area contributed by atoms with Crippen molar-refractivity contribution in [1.82, 2.24) is 5.32 Å². The molecule has 1 atom stereocenters. The maximum atomic E-state index is 11.8. The molecule has 2 aromatic rings. The van der Waals surface area contributed by atoms with Crippen LogP contribution in [-0.4, -0.2) is 23.7 Å². The minimum absolute atomic E-state index is 0.166.